The van der Waals surface area contributed by atoms with Gasteiger partial charge < -0.3 is 16.0 Å². The van der Waals surface area contributed by atoms with Crippen LogP contribution in [0, 0.1) is 0 Å². The van der Waals surface area contributed by atoms with Crippen molar-refractivity contribution in [2.45, 2.75) is 19.9 Å². The van der Waals surface area contributed by atoms with Crippen LogP contribution in [-0.2, 0) is 22.6 Å². The van der Waals surface area contributed by atoms with Gasteiger partial charge in [0.05, 0.1) is 13.1 Å². The third-order valence-electron chi connectivity index (χ3n) is 2.90. The molecule has 104 valence electrons. The summed E-state index contributed by atoms with van der Waals surface area (Å²) in [6, 6.07) is 8.15. The molecule has 0 aliphatic heterocycles. The van der Waals surface area contributed by atoms with Crippen LogP contribution >= 0.6 is 0 Å². The monoisotopic (exact) mass is 263 g/mol. The van der Waals surface area contributed by atoms with Crippen LogP contribution in [0.2, 0.25) is 0 Å². The van der Waals surface area contributed by atoms with Crippen LogP contribution < -0.4 is 11.1 Å². The van der Waals surface area contributed by atoms with E-state index in [-0.39, 0.29) is 24.9 Å². The second-order valence-electron chi connectivity index (χ2n) is 4.40. The van der Waals surface area contributed by atoms with E-state index < -0.39 is 0 Å². The van der Waals surface area contributed by atoms with Crippen molar-refractivity contribution in [1.29, 1.82) is 0 Å². The number of nitrogens with one attached hydrogen (secondary N) is 1. The van der Waals surface area contributed by atoms with E-state index in [2.05, 4.69) is 24.4 Å². The van der Waals surface area contributed by atoms with Gasteiger partial charge in [0.25, 0.3) is 0 Å². The van der Waals surface area contributed by atoms with E-state index in [4.69, 9.17) is 5.73 Å². The van der Waals surface area contributed by atoms with Crippen LogP contribution in [0.4, 0.5) is 0 Å². The third-order valence-corrected chi connectivity index (χ3v) is 2.90. The molecule has 1 aromatic carbocycles. The predicted molar refractivity (Wildman–Crippen MR) is 74.4 cm³/mol. The number of carbonyl (C=O) groups excluding carboxylic acids is 2. The lowest BCUT2D eigenvalue weighted by molar-refractivity contribution is -0.131. The number of nitrogens with two attached hydrogens (primary N) is 1. The second-order valence-corrected chi connectivity index (χ2v) is 4.40. The average molecular weight is 263 g/mol. The highest BCUT2D eigenvalue weighted by Crippen LogP contribution is 2.07. The van der Waals surface area contributed by atoms with E-state index in [9.17, 15) is 9.59 Å². The number of amides is 2. The third kappa shape index (κ3) is 5.09. The Bertz CT molecular complexity index is 429. The lowest BCUT2D eigenvalue weighted by atomic mass is 10.1. The van der Waals surface area contributed by atoms with E-state index >= 15 is 0 Å². The Morgan fingerprint density at radius 2 is 1.79 bits per heavy atom. The van der Waals surface area contributed by atoms with Crippen molar-refractivity contribution in [1.82, 2.24) is 10.2 Å². The molecule has 0 spiro atoms. The Hall–Kier alpha value is -1.88. The van der Waals surface area contributed by atoms with Gasteiger partial charge in [-0.15, -0.1) is 0 Å². The summed E-state index contributed by atoms with van der Waals surface area (Å²) in [6.07, 6.45) is 1.00. The Morgan fingerprint density at radius 1 is 1.21 bits per heavy atom. The molecule has 0 saturated heterocycles. The van der Waals surface area contributed by atoms with Gasteiger partial charge in [-0.2, -0.15) is 0 Å². The quantitative estimate of drug-likeness (QED) is 0.774. The van der Waals surface area contributed by atoms with Gasteiger partial charge in [0, 0.05) is 13.6 Å². The summed E-state index contributed by atoms with van der Waals surface area (Å²) in [6.45, 7) is 2.52. The lowest BCUT2D eigenvalue weighted by Gasteiger charge is -2.17. The molecule has 0 heterocycles. The Kier molecular flexibility index (Phi) is 6.02. The molecule has 0 bridgehead atoms. The van der Waals surface area contributed by atoms with E-state index in [0.717, 1.165) is 12.0 Å². The van der Waals surface area contributed by atoms with Crippen molar-refractivity contribution in [3.8, 4) is 0 Å². The van der Waals surface area contributed by atoms with Crippen LogP contribution in [0.5, 0.6) is 0 Å². The van der Waals surface area contributed by atoms with E-state index in [1.807, 2.05) is 12.1 Å². The molecule has 0 atom stereocenters. The zero-order chi connectivity index (χ0) is 14.3. The molecule has 3 N–H and O–H groups in total. The van der Waals surface area contributed by atoms with Crippen LogP contribution in [0.25, 0.3) is 0 Å². The molecule has 5 heteroatoms. The molecule has 5 nitrogen and oxygen atoms in total. The maximum Gasteiger partial charge on any atom is 0.242 e. The van der Waals surface area contributed by atoms with Gasteiger partial charge in [0.2, 0.25) is 11.8 Å². The molecule has 0 aliphatic carbocycles. The fourth-order valence-corrected chi connectivity index (χ4v) is 1.62. The van der Waals surface area contributed by atoms with Crippen LogP contribution in [0.1, 0.15) is 18.1 Å². The highest BCUT2D eigenvalue weighted by Gasteiger charge is 2.10. The van der Waals surface area contributed by atoms with Crippen molar-refractivity contribution in [3.05, 3.63) is 35.4 Å². The number of hydrogen-bond acceptors (Lipinski definition) is 3. The molecule has 1 rings (SSSR count). The molecule has 0 radical (unpaired) electrons. The van der Waals surface area contributed by atoms with Gasteiger partial charge >= 0.3 is 0 Å². The standard InChI is InChI=1S/C14H21N3O2/c1-3-11-4-6-12(7-5-11)10-17(2)14(19)9-16-13(18)8-15/h4-7H,3,8-10,15H2,1-2H3,(H,16,18). The minimum absolute atomic E-state index is 0.0143. The number of benzene rings is 1. The summed E-state index contributed by atoms with van der Waals surface area (Å²) in [5.41, 5.74) is 7.49. The summed E-state index contributed by atoms with van der Waals surface area (Å²) < 4.78 is 0. The van der Waals surface area contributed by atoms with Gasteiger partial charge in [-0.3, -0.25) is 9.59 Å². The highest BCUT2D eigenvalue weighted by molar-refractivity contribution is 5.85. The maximum absolute atomic E-state index is 11.8. The van der Waals surface area contributed by atoms with Gasteiger partial charge in [-0.25, -0.2) is 0 Å². The fourth-order valence-electron chi connectivity index (χ4n) is 1.62. The van der Waals surface area contributed by atoms with Gasteiger partial charge in [0.1, 0.15) is 0 Å². The Morgan fingerprint density at radius 3 is 2.32 bits per heavy atom. The van der Waals surface area contributed by atoms with Gasteiger partial charge in [-0.05, 0) is 17.5 Å². The van der Waals surface area contributed by atoms with Gasteiger partial charge in [-0.1, -0.05) is 31.2 Å². The van der Waals surface area contributed by atoms with E-state index in [1.165, 1.54) is 5.56 Å². The van der Waals surface area contributed by atoms with E-state index in [0.29, 0.717) is 6.54 Å². The first kappa shape index (κ1) is 15.2. The first-order valence-electron chi connectivity index (χ1n) is 6.35. The number of rotatable bonds is 6. The number of nitrogens with zero attached hydrogens (tertiary/aromatic N) is 1. The summed E-state index contributed by atoms with van der Waals surface area (Å²) in [4.78, 5) is 24.3. The minimum Gasteiger partial charge on any atom is -0.346 e. The summed E-state index contributed by atoms with van der Waals surface area (Å²) in [7, 11) is 1.71. The molecule has 0 fully saturated rings. The van der Waals surface area contributed by atoms with Crippen molar-refractivity contribution in [2.24, 2.45) is 5.73 Å². The zero-order valence-electron chi connectivity index (χ0n) is 11.5. The lowest BCUT2D eigenvalue weighted by Crippen LogP contribution is -2.40. The molecule has 19 heavy (non-hydrogen) atoms. The SMILES string of the molecule is CCc1ccc(CN(C)C(=O)CNC(=O)CN)cc1. The van der Waals surface area contributed by atoms with Crippen molar-refractivity contribution in [2.75, 3.05) is 20.1 Å². The fraction of sp³-hybridized carbons (Fsp3) is 0.429. The largest absolute Gasteiger partial charge is 0.346 e. The summed E-state index contributed by atoms with van der Waals surface area (Å²) in [5.74, 6) is -0.463. The predicted octanol–water partition coefficient (Wildman–Crippen LogP) is 0.282. The van der Waals surface area contributed by atoms with Crippen LogP contribution in [0.3, 0.4) is 0 Å². The maximum atomic E-state index is 11.8. The molecular formula is C14H21N3O2. The number of hydrogen-bond donors (Lipinski definition) is 2. The second kappa shape index (κ2) is 7.53. The minimum atomic E-state index is -0.325. The summed E-state index contributed by atoms with van der Waals surface area (Å²) >= 11 is 0. The average Bonchev–Trinajstić information content (AvgIpc) is 2.44. The molecule has 1 aromatic rings. The van der Waals surface area contributed by atoms with Crippen molar-refractivity contribution in [3.63, 3.8) is 0 Å². The highest BCUT2D eigenvalue weighted by atomic mass is 16.2. The Balaban J connectivity index is 2.46. The molecule has 0 aliphatic rings. The van der Waals surface area contributed by atoms with Crippen molar-refractivity contribution < 1.29 is 9.59 Å². The normalized spacial score (nSPS) is 10.1. The number of carbonyl (C=O) groups is 2. The van der Waals surface area contributed by atoms with Crippen molar-refractivity contribution >= 4 is 11.8 Å². The number of likely N-dealkylation sites (N-methyl/N-ethyl adjacent to an activating group) is 1. The molecular weight excluding hydrogens is 242 g/mol. The molecule has 0 saturated carbocycles. The summed E-state index contributed by atoms with van der Waals surface area (Å²) in [5, 5.41) is 2.46. The molecule has 0 unspecified atom stereocenters. The topological polar surface area (TPSA) is 75.4 Å². The van der Waals surface area contributed by atoms with Crippen LogP contribution in [-0.4, -0.2) is 36.9 Å². The van der Waals surface area contributed by atoms with E-state index in [1.54, 1.807) is 11.9 Å². The smallest absolute Gasteiger partial charge is 0.242 e. The van der Waals surface area contributed by atoms with Gasteiger partial charge in [0.15, 0.2) is 0 Å². The first-order chi connectivity index (χ1) is 9.06. The van der Waals surface area contributed by atoms with Crippen LogP contribution in [0.15, 0.2) is 24.3 Å². The zero-order valence-corrected chi connectivity index (χ0v) is 11.5. The Labute approximate surface area is 113 Å². The molecule has 0 aromatic heterocycles. The molecule has 2 amide bonds. The number of aryl methyl sites for hydroxylation is 1. The first-order valence-corrected chi connectivity index (χ1v) is 6.35.